The topological polar surface area (TPSA) is 49.4 Å². The maximum atomic E-state index is 12.5. The highest BCUT2D eigenvalue weighted by Gasteiger charge is 2.28. The molecule has 22 heavy (non-hydrogen) atoms. The Kier molecular flexibility index (Phi) is 7.64. The van der Waals surface area contributed by atoms with Gasteiger partial charge in [0.25, 0.3) is 0 Å². The van der Waals surface area contributed by atoms with Crippen LogP contribution < -0.4 is 5.32 Å². The third-order valence-corrected chi connectivity index (χ3v) is 3.48. The number of rotatable bonds is 8. The molecular formula is C18H28N2O2. The Balaban J connectivity index is 2.96. The van der Waals surface area contributed by atoms with E-state index in [0.717, 1.165) is 12.0 Å². The molecule has 0 aromatic heterocycles. The molecule has 1 aromatic carbocycles. The number of nitrogens with zero attached hydrogens (tertiary/aromatic N) is 1. The summed E-state index contributed by atoms with van der Waals surface area (Å²) in [6, 6.07) is 9.48. The summed E-state index contributed by atoms with van der Waals surface area (Å²) in [5.74, 6) is -0.0324. The van der Waals surface area contributed by atoms with Gasteiger partial charge in [-0.2, -0.15) is 0 Å². The molecule has 0 aliphatic carbocycles. The molecule has 0 aliphatic heterocycles. The number of hydrogen-bond donors (Lipinski definition) is 1. The minimum absolute atomic E-state index is 0.0390. The van der Waals surface area contributed by atoms with Gasteiger partial charge in [-0.05, 0) is 32.3 Å². The lowest BCUT2D eigenvalue weighted by Gasteiger charge is -2.31. The van der Waals surface area contributed by atoms with Gasteiger partial charge >= 0.3 is 0 Å². The van der Waals surface area contributed by atoms with Crippen molar-refractivity contribution >= 4 is 11.8 Å². The van der Waals surface area contributed by atoms with Crippen molar-refractivity contribution in [2.75, 3.05) is 0 Å². The second kappa shape index (κ2) is 9.23. The largest absolute Gasteiger partial charge is 0.352 e. The Labute approximate surface area is 133 Å². The lowest BCUT2D eigenvalue weighted by molar-refractivity contribution is -0.141. The average Bonchev–Trinajstić information content (AvgIpc) is 2.47. The summed E-state index contributed by atoms with van der Waals surface area (Å²) in [7, 11) is 0. The van der Waals surface area contributed by atoms with Gasteiger partial charge in [0.05, 0.1) is 0 Å². The van der Waals surface area contributed by atoms with Crippen molar-refractivity contribution in [1.29, 1.82) is 0 Å². The Hall–Kier alpha value is -1.84. The molecule has 1 N–H and O–H groups in total. The Bertz CT molecular complexity index is 471. The van der Waals surface area contributed by atoms with Crippen molar-refractivity contribution in [3.63, 3.8) is 0 Å². The van der Waals surface area contributed by atoms with E-state index >= 15 is 0 Å². The molecule has 0 spiro atoms. The molecule has 0 saturated carbocycles. The smallest absolute Gasteiger partial charge is 0.243 e. The fraction of sp³-hybridized carbons (Fsp3) is 0.556. The number of carbonyl (C=O) groups is 2. The van der Waals surface area contributed by atoms with Gasteiger partial charge in [0.2, 0.25) is 11.8 Å². The lowest BCUT2D eigenvalue weighted by Crippen LogP contribution is -2.50. The molecule has 4 nitrogen and oxygen atoms in total. The second-order valence-electron chi connectivity index (χ2n) is 5.84. The molecule has 0 aliphatic rings. The summed E-state index contributed by atoms with van der Waals surface area (Å²) in [6.07, 6.45) is 1.87. The summed E-state index contributed by atoms with van der Waals surface area (Å²) in [6.45, 7) is 8.26. The van der Waals surface area contributed by atoms with Crippen LogP contribution in [0, 0.1) is 0 Å². The maximum absolute atomic E-state index is 12.5. The van der Waals surface area contributed by atoms with E-state index in [2.05, 4.69) is 5.32 Å². The molecule has 2 amide bonds. The van der Waals surface area contributed by atoms with Crippen molar-refractivity contribution < 1.29 is 9.59 Å². The SMILES string of the molecule is CCCC(=O)N(Cc1ccccc1)[C@@H](CC)C(=O)NC(C)C. The van der Waals surface area contributed by atoms with Crippen molar-refractivity contribution in [1.82, 2.24) is 10.2 Å². The van der Waals surface area contributed by atoms with Gasteiger partial charge in [-0.1, -0.05) is 44.2 Å². The zero-order valence-corrected chi connectivity index (χ0v) is 14.1. The Morgan fingerprint density at radius 3 is 2.27 bits per heavy atom. The van der Waals surface area contributed by atoms with Gasteiger partial charge in [-0.3, -0.25) is 9.59 Å². The van der Waals surface area contributed by atoms with E-state index in [4.69, 9.17) is 0 Å². The first-order valence-corrected chi connectivity index (χ1v) is 8.13. The van der Waals surface area contributed by atoms with Crippen LogP contribution in [0.4, 0.5) is 0 Å². The van der Waals surface area contributed by atoms with Gasteiger partial charge in [0, 0.05) is 19.0 Å². The molecule has 0 saturated heterocycles. The first kappa shape index (κ1) is 18.2. The Morgan fingerprint density at radius 1 is 1.14 bits per heavy atom. The van der Waals surface area contributed by atoms with E-state index in [0.29, 0.717) is 19.4 Å². The number of carbonyl (C=O) groups excluding carboxylic acids is 2. The first-order chi connectivity index (χ1) is 10.5. The molecule has 4 heteroatoms. The number of amides is 2. The molecule has 0 radical (unpaired) electrons. The van der Waals surface area contributed by atoms with Crippen molar-refractivity contribution in [2.24, 2.45) is 0 Å². The van der Waals surface area contributed by atoms with Crippen LogP contribution in [0.5, 0.6) is 0 Å². The van der Waals surface area contributed by atoms with Crippen molar-refractivity contribution in [3.05, 3.63) is 35.9 Å². The van der Waals surface area contributed by atoms with Crippen LogP contribution in [0.3, 0.4) is 0 Å². The van der Waals surface area contributed by atoms with Crippen LogP contribution in [-0.4, -0.2) is 28.8 Å². The molecule has 1 aromatic rings. The van der Waals surface area contributed by atoms with E-state index in [1.54, 1.807) is 4.90 Å². The van der Waals surface area contributed by atoms with Gasteiger partial charge < -0.3 is 10.2 Å². The molecule has 0 bridgehead atoms. The predicted octanol–water partition coefficient (Wildman–Crippen LogP) is 3.12. The zero-order chi connectivity index (χ0) is 16.5. The maximum Gasteiger partial charge on any atom is 0.243 e. The van der Waals surface area contributed by atoms with Crippen LogP contribution in [0.15, 0.2) is 30.3 Å². The summed E-state index contributed by atoms with van der Waals surface area (Å²) in [4.78, 5) is 26.6. The quantitative estimate of drug-likeness (QED) is 0.802. The summed E-state index contributed by atoms with van der Waals surface area (Å²) >= 11 is 0. The van der Waals surface area contributed by atoms with Crippen LogP contribution in [-0.2, 0) is 16.1 Å². The minimum Gasteiger partial charge on any atom is -0.352 e. The highest BCUT2D eigenvalue weighted by molar-refractivity contribution is 5.87. The van der Waals surface area contributed by atoms with E-state index in [-0.39, 0.29) is 17.9 Å². The van der Waals surface area contributed by atoms with Crippen LogP contribution in [0.25, 0.3) is 0 Å². The monoisotopic (exact) mass is 304 g/mol. The molecule has 1 atom stereocenters. The van der Waals surface area contributed by atoms with Crippen LogP contribution in [0.1, 0.15) is 52.5 Å². The summed E-state index contributed by atoms with van der Waals surface area (Å²) in [5, 5.41) is 2.92. The van der Waals surface area contributed by atoms with E-state index < -0.39 is 6.04 Å². The van der Waals surface area contributed by atoms with Crippen LogP contribution >= 0.6 is 0 Å². The standard InChI is InChI=1S/C18H28N2O2/c1-5-10-17(21)20(13-15-11-8-7-9-12-15)16(6-2)18(22)19-14(3)4/h7-9,11-12,14,16H,5-6,10,13H2,1-4H3,(H,19,22)/t16-/m0/s1. The average molecular weight is 304 g/mol. The fourth-order valence-electron chi connectivity index (χ4n) is 2.44. The van der Waals surface area contributed by atoms with Gasteiger partial charge in [0.1, 0.15) is 6.04 Å². The van der Waals surface area contributed by atoms with Crippen molar-refractivity contribution in [3.8, 4) is 0 Å². The van der Waals surface area contributed by atoms with Gasteiger partial charge in [0.15, 0.2) is 0 Å². The Morgan fingerprint density at radius 2 is 1.77 bits per heavy atom. The van der Waals surface area contributed by atoms with Gasteiger partial charge in [-0.25, -0.2) is 0 Å². The van der Waals surface area contributed by atoms with E-state index in [9.17, 15) is 9.59 Å². The predicted molar refractivity (Wildman–Crippen MR) is 89.3 cm³/mol. The number of nitrogens with one attached hydrogen (secondary N) is 1. The zero-order valence-electron chi connectivity index (χ0n) is 14.1. The van der Waals surface area contributed by atoms with E-state index in [1.165, 1.54) is 0 Å². The second-order valence-corrected chi connectivity index (χ2v) is 5.84. The molecule has 0 heterocycles. The molecule has 0 unspecified atom stereocenters. The normalized spacial score (nSPS) is 12.0. The lowest BCUT2D eigenvalue weighted by atomic mass is 10.1. The minimum atomic E-state index is -0.415. The first-order valence-electron chi connectivity index (χ1n) is 8.13. The van der Waals surface area contributed by atoms with Crippen LogP contribution in [0.2, 0.25) is 0 Å². The third-order valence-electron chi connectivity index (χ3n) is 3.48. The third kappa shape index (κ3) is 5.51. The number of benzene rings is 1. The highest BCUT2D eigenvalue weighted by Crippen LogP contribution is 2.14. The van der Waals surface area contributed by atoms with Crippen molar-refractivity contribution in [2.45, 2.75) is 65.6 Å². The van der Waals surface area contributed by atoms with E-state index in [1.807, 2.05) is 58.0 Å². The molecule has 1 rings (SSSR count). The van der Waals surface area contributed by atoms with Gasteiger partial charge in [-0.15, -0.1) is 0 Å². The molecule has 122 valence electrons. The number of hydrogen-bond acceptors (Lipinski definition) is 2. The highest BCUT2D eigenvalue weighted by atomic mass is 16.2. The molecular weight excluding hydrogens is 276 g/mol. The molecule has 0 fully saturated rings. The fourth-order valence-corrected chi connectivity index (χ4v) is 2.44. The summed E-state index contributed by atoms with van der Waals surface area (Å²) in [5.41, 5.74) is 1.04. The summed E-state index contributed by atoms with van der Waals surface area (Å²) < 4.78 is 0.